The summed E-state index contributed by atoms with van der Waals surface area (Å²) in [5.74, 6) is 0. The van der Waals surface area contributed by atoms with Crippen molar-refractivity contribution in [3.05, 3.63) is 0 Å². The number of ether oxygens (including phenoxy) is 3. The van der Waals surface area contributed by atoms with Crippen LogP contribution in [0.25, 0.3) is 0 Å². The smallest absolute Gasteiger partial charge is 0.146 e. The summed E-state index contributed by atoms with van der Waals surface area (Å²) in [5.41, 5.74) is 0. The van der Waals surface area contributed by atoms with Gasteiger partial charge in [0.15, 0.2) is 0 Å². The first-order valence-electron chi connectivity index (χ1n) is 4.04. The third-order valence-electron chi connectivity index (χ3n) is 0.947. The van der Waals surface area contributed by atoms with Crippen molar-refractivity contribution in [2.75, 3.05) is 40.8 Å². The van der Waals surface area contributed by atoms with E-state index in [1.807, 2.05) is 0 Å². The van der Waals surface area contributed by atoms with Crippen LogP contribution in [0.3, 0.4) is 0 Å². The topological polar surface area (TPSA) is 68.2 Å². The molecule has 2 N–H and O–H groups in total. The number of aliphatic hydroxyl groups excluding tert-OH is 2. The Morgan fingerprint density at radius 2 is 1.77 bits per heavy atom. The minimum absolute atomic E-state index is 0.324. The highest BCUT2D eigenvalue weighted by Gasteiger charge is 1.93. The molecule has 1 saturated heterocycles. The molecule has 0 saturated carbocycles. The molecular weight excluding hydrogens is 176 g/mol. The van der Waals surface area contributed by atoms with Crippen LogP contribution in [0.1, 0.15) is 6.92 Å². The lowest BCUT2D eigenvalue weighted by Gasteiger charge is -1.97. The Balaban J connectivity index is 0. The minimum atomic E-state index is -0.324. The van der Waals surface area contributed by atoms with Crippen molar-refractivity contribution >= 4 is 0 Å². The van der Waals surface area contributed by atoms with Crippen molar-refractivity contribution in [3.63, 3.8) is 0 Å². The second kappa shape index (κ2) is 14.3. The number of hydrogen-bond donors (Lipinski definition) is 2. The number of methoxy groups -OCH3 is 1. The lowest BCUT2D eigenvalue weighted by Crippen LogP contribution is -2.07. The van der Waals surface area contributed by atoms with Crippen LogP contribution in [0, 0.1) is 0 Å². The van der Waals surface area contributed by atoms with E-state index in [4.69, 9.17) is 19.7 Å². The van der Waals surface area contributed by atoms with Crippen molar-refractivity contribution < 1.29 is 24.4 Å². The van der Waals surface area contributed by atoms with Gasteiger partial charge in [-0.2, -0.15) is 0 Å². The molecule has 1 aliphatic heterocycles. The molecule has 1 fully saturated rings. The molecule has 1 unspecified atom stereocenters. The molecule has 5 heteroatoms. The molecule has 0 amide bonds. The van der Waals surface area contributed by atoms with Crippen LogP contribution in [0.15, 0.2) is 0 Å². The fourth-order valence-corrected chi connectivity index (χ4v) is 0.536. The van der Waals surface area contributed by atoms with Gasteiger partial charge in [-0.25, -0.2) is 0 Å². The summed E-state index contributed by atoms with van der Waals surface area (Å²) in [6.45, 7) is 4.17. The third kappa shape index (κ3) is 18.6. The molecular formula is C8H20O5. The number of hydrogen-bond acceptors (Lipinski definition) is 5. The molecule has 0 bridgehead atoms. The Hall–Kier alpha value is -0.200. The zero-order valence-corrected chi connectivity index (χ0v) is 8.52. The van der Waals surface area contributed by atoms with Crippen molar-refractivity contribution in [1.29, 1.82) is 0 Å². The second-order valence-corrected chi connectivity index (χ2v) is 2.24. The predicted octanol–water partition coefficient (Wildman–Crippen LogP) is -0.387. The molecule has 1 heterocycles. The Bertz CT molecular complexity index is 65.3. The third-order valence-corrected chi connectivity index (χ3v) is 0.947. The largest absolute Gasteiger partial charge is 0.400 e. The van der Waals surface area contributed by atoms with Gasteiger partial charge in [0.2, 0.25) is 0 Å². The molecule has 0 aliphatic carbocycles. The molecule has 0 radical (unpaired) electrons. The molecule has 13 heavy (non-hydrogen) atoms. The van der Waals surface area contributed by atoms with Crippen LogP contribution in [-0.4, -0.2) is 57.2 Å². The standard InChI is InChI=1S/C4H10O2.C3H6O2.CH4O/c1-4(5)3-6-2;1-2-5-3-4-1;1-2/h4-5H,3H2,1-2H3;1-3H2;2H,1H3. The highest BCUT2D eigenvalue weighted by atomic mass is 16.7. The quantitative estimate of drug-likeness (QED) is 0.629. The molecule has 0 aromatic rings. The monoisotopic (exact) mass is 196 g/mol. The van der Waals surface area contributed by atoms with E-state index in [9.17, 15) is 0 Å². The van der Waals surface area contributed by atoms with Gasteiger partial charge in [0.05, 0.1) is 25.9 Å². The first kappa shape index (κ1) is 15.3. The van der Waals surface area contributed by atoms with E-state index < -0.39 is 0 Å². The van der Waals surface area contributed by atoms with Gasteiger partial charge < -0.3 is 24.4 Å². The SMILES string of the molecule is C1COCO1.CO.COCC(C)O. The summed E-state index contributed by atoms with van der Waals surface area (Å²) in [6, 6.07) is 0. The molecule has 1 aliphatic rings. The summed E-state index contributed by atoms with van der Waals surface area (Å²) in [4.78, 5) is 0. The van der Waals surface area contributed by atoms with Gasteiger partial charge in [-0.05, 0) is 6.92 Å². The van der Waals surface area contributed by atoms with E-state index in [1.165, 1.54) is 0 Å². The Morgan fingerprint density at radius 1 is 1.31 bits per heavy atom. The van der Waals surface area contributed by atoms with Gasteiger partial charge in [-0.1, -0.05) is 0 Å². The fraction of sp³-hybridized carbons (Fsp3) is 1.00. The van der Waals surface area contributed by atoms with E-state index in [1.54, 1.807) is 14.0 Å². The Morgan fingerprint density at radius 3 is 1.85 bits per heavy atom. The van der Waals surface area contributed by atoms with E-state index >= 15 is 0 Å². The second-order valence-electron chi connectivity index (χ2n) is 2.24. The maximum atomic E-state index is 8.43. The number of aliphatic hydroxyl groups is 2. The maximum absolute atomic E-state index is 8.43. The molecule has 1 atom stereocenters. The summed E-state index contributed by atoms with van der Waals surface area (Å²) in [5, 5.41) is 15.4. The van der Waals surface area contributed by atoms with Crippen molar-refractivity contribution in [3.8, 4) is 0 Å². The van der Waals surface area contributed by atoms with Gasteiger partial charge in [0.25, 0.3) is 0 Å². The molecule has 0 aromatic heterocycles. The average molecular weight is 196 g/mol. The Kier molecular flexibility index (Phi) is 16.8. The Labute approximate surface area is 79.2 Å². The van der Waals surface area contributed by atoms with Crippen LogP contribution < -0.4 is 0 Å². The van der Waals surface area contributed by atoms with Crippen LogP contribution in [-0.2, 0) is 14.2 Å². The van der Waals surface area contributed by atoms with Gasteiger partial charge in [-0.15, -0.1) is 0 Å². The van der Waals surface area contributed by atoms with Crippen molar-refractivity contribution in [1.82, 2.24) is 0 Å². The van der Waals surface area contributed by atoms with Gasteiger partial charge in [-0.3, -0.25) is 0 Å². The van der Waals surface area contributed by atoms with Crippen LogP contribution in [0.5, 0.6) is 0 Å². The van der Waals surface area contributed by atoms with Crippen molar-refractivity contribution in [2.45, 2.75) is 13.0 Å². The molecule has 0 spiro atoms. The summed E-state index contributed by atoms with van der Waals surface area (Å²) < 4.78 is 14.0. The van der Waals surface area contributed by atoms with E-state index in [0.717, 1.165) is 20.3 Å². The van der Waals surface area contributed by atoms with E-state index in [-0.39, 0.29) is 6.10 Å². The first-order valence-corrected chi connectivity index (χ1v) is 4.04. The summed E-state index contributed by atoms with van der Waals surface area (Å²) in [6.07, 6.45) is -0.324. The van der Waals surface area contributed by atoms with E-state index in [2.05, 4.69) is 4.74 Å². The van der Waals surface area contributed by atoms with E-state index in [0.29, 0.717) is 13.4 Å². The lowest BCUT2D eigenvalue weighted by atomic mass is 10.5. The lowest BCUT2D eigenvalue weighted by molar-refractivity contribution is 0.0692. The highest BCUT2D eigenvalue weighted by Crippen LogP contribution is 1.85. The summed E-state index contributed by atoms with van der Waals surface area (Å²) >= 11 is 0. The molecule has 82 valence electrons. The average Bonchev–Trinajstić information content (AvgIpc) is 2.64. The first-order chi connectivity index (χ1) is 6.27. The van der Waals surface area contributed by atoms with Gasteiger partial charge >= 0.3 is 0 Å². The van der Waals surface area contributed by atoms with Gasteiger partial charge in [0, 0.05) is 14.2 Å². The summed E-state index contributed by atoms with van der Waals surface area (Å²) in [7, 11) is 2.56. The zero-order valence-electron chi connectivity index (χ0n) is 8.52. The predicted molar refractivity (Wildman–Crippen MR) is 48.5 cm³/mol. The van der Waals surface area contributed by atoms with Crippen LogP contribution >= 0.6 is 0 Å². The zero-order chi connectivity index (χ0) is 10.5. The minimum Gasteiger partial charge on any atom is -0.400 e. The van der Waals surface area contributed by atoms with Crippen molar-refractivity contribution in [2.24, 2.45) is 0 Å². The normalized spacial score (nSPS) is 16.4. The van der Waals surface area contributed by atoms with Crippen LogP contribution in [0.2, 0.25) is 0 Å². The molecule has 0 aromatic carbocycles. The number of rotatable bonds is 2. The molecule has 5 nitrogen and oxygen atoms in total. The van der Waals surface area contributed by atoms with Gasteiger partial charge in [0.1, 0.15) is 6.79 Å². The van der Waals surface area contributed by atoms with Crippen LogP contribution in [0.4, 0.5) is 0 Å². The highest BCUT2D eigenvalue weighted by molar-refractivity contribution is 4.36. The fourth-order valence-electron chi connectivity index (χ4n) is 0.536. The maximum Gasteiger partial charge on any atom is 0.146 e. The molecule has 1 rings (SSSR count).